The number of benzene rings is 2. The quantitative estimate of drug-likeness (QED) is 0.419. The van der Waals surface area contributed by atoms with Crippen molar-refractivity contribution in [1.82, 2.24) is 9.99 Å². The molecular weight excluding hydrogens is 386 g/mol. The Morgan fingerprint density at radius 3 is 2.57 bits per heavy atom. The van der Waals surface area contributed by atoms with Crippen molar-refractivity contribution >= 4 is 18.1 Å². The standard InChI is InChI=1S/C22H21N3O5/c1-2-29-20-13-16(9-10-19(20)30-15-21(26)27)14-23-24-22(28)17-7-3-4-8-18(17)25-11-5-6-12-25/h3-14H,2,15H2,1H3,(H,24,28)(H,26,27)/b23-14-. The van der Waals surface area contributed by atoms with Gasteiger partial charge in [0.2, 0.25) is 0 Å². The maximum Gasteiger partial charge on any atom is 0.341 e. The zero-order valence-corrected chi connectivity index (χ0v) is 16.3. The highest BCUT2D eigenvalue weighted by Crippen LogP contribution is 2.28. The number of rotatable bonds is 9. The van der Waals surface area contributed by atoms with Crippen LogP contribution in [0.1, 0.15) is 22.8 Å². The summed E-state index contributed by atoms with van der Waals surface area (Å²) in [5, 5.41) is 12.8. The van der Waals surface area contributed by atoms with Crippen LogP contribution in [-0.2, 0) is 4.79 Å². The molecule has 8 heteroatoms. The molecule has 0 unspecified atom stereocenters. The molecule has 0 aliphatic carbocycles. The van der Waals surface area contributed by atoms with Gasteiger partial charge < -0.3 is 19.1 Å². The average molecular weight is 407 g/mol. The van der Waals surface area contributed by atoms with E-state index in [0.717, 1.165) is 5.69 Å². The number of hydrazone groups is 1. The van der Waals surface area contributed by atoms with E-state index in [4.69, 9.17) is 14.6 Å². The Kier molecular flexibility index (Phi) is 6.83. The Labute approximate surface area is 173 Å². The third kappa shape index (κ3) is 5.26. The van der Waals surface area contributed by atoms with Crippen LogP contribution in [0.5, 0.6) is 11.5 Å². The molecule has 0 radical (unpaired) electrons. The van der Waals surface area contributed by atoms with Crippen molar-refractivity contribution in [3.05, 3.63) is 78.1 Å². The first-order chi connectivity index (χ1) is 14.6. The molecule has 8 nitrogen and oxygen atoms in total. The lowest BCUT2D eigenvalue weighted by Crippen LogP contribution is -2.19. The number of nitrogens with one attached hydrogen (secondary N) is 1. The van der Waals surface area contributed by atoms with Gasteiger partial charge in [-0.2, -0.15) is 5.10 Å². The summed E-state index contributed by atoms with van der Waals surface area (Å²) in [5.74, 6) is -0.707. The van der Waals surface area contributed by atoms with Crippen molar-refractivity contribution in [3.63, 3.8) is 0 Å². The molecule has 2 N–H and O–H groups in total. The van der Waals surface area contributed by atoms with E-state index in [9.17, 15) is 9.59 Å². The zero-order chi connectivity index (χ0) is 21.3. The molecule has 0 bridgehead atoms. The first-order valence-corrected chi connectivity index (χ1v) is 9.25. The van der Waals surface area contributed by atoms with Crippen LogP contribution in [0.4, 0.5) is 0 Å². The van der Waals surface area contributed by atoms with Crippen LogP contribution in [0.3, 0.4) is 0 Å². The van der Waals surface area contributed by atoms with E-state index >= 15 is 0 Å². The molecule has 0 aliphatic rings. The lowest BCUT2D eigenvalue weighted by Gasteiger charge is -2.11. The van der Waals surface area contributed by atoms with Crippen LogP contribution in [-0.4, -0.2) is 41.0 Å². The van der Waals surface area contributed by atoms with Gasteiger partial charge in [-0.15, -0.1) is 0 Å². The SMILES string of the molecule is CCOc1cc(/C=N\NC(=O)c2ccccc2-n2cccc2)ccc1OCC(=O)O. The molecule has 0 aliphatic heterocycles. The Hall–Kier alpha value is -4.07. The molecule has 0 atom stereocenters. The Morgan fingerprint density at radius 1 is 1.07 bits per heavy atom. The van der Waals surface area contributed by atoms with Crippen molar-refractivity contribution in [2.24, 2.45) is 5.10 Å². The summed E-state index contributed by atoms with van der Waals surface area (Å²) in [4.78, 5) is 23.3. The fraction of sp³-hybridized carbons (Fsp3) is 0.136. The molecule has 2 aromatic carbocycles. The number of aromatic nitrogens is 1. The van der Waals surface area contributed by atoms with E-state index in [1.54, 1.807) is 30.3 Å². The van der Waals surface area contributed by atoms with Gasteiger partial charge in [0, 0.05) is 12.4 Å². The molecule has 30 heavy (non-hydrogen) atoms. The largest absolute Gasteiger partial charge is 0.490 e. The molecule has 154 valence electrons. The van der Waals surface area contributed by atoms with Gasteiger partial charge in [0.15, 0.2) is 18.1 Å². The number of nitrogens with zero attached hydrogens (tertiary/aromatic N) is 2. The summed E-state index contributed by atoms with van der Waals surface area (Å²) in [5.41, 5.74) is 4.40. The lowest BCUT2D eigenvalue weighted by atomic mass is 10.1. The van der Waals surface area contributed by atoms with Gasteiger partial charge in [-0.1, -0.05) is 12.1 Å². The van der Waals surface area contributed by atoms with Crippen LogP contribution >= 0.6 is 0 Å². The monoisotopic (exact) mass is 407 g/mol. The van der Waals surface area contributed by atoms with Gasteiger partial charge in [-0.05, 0) is 55.0 Å². The molecule has 3 rings (SSSR count). The molecule has 1 aromatic heterocycles. The molecular formula is C22H21N3O5. The number of amides is 1. The summed E-state index contributed by atoms with van der Waals surface area (Å²) in [7, 11) is 0. The van der Waals surface area contributed by atoms with Crippen LogP contribution in [0.2, 0.25) is 0 Å². The Bertz CT molecular complexity index is 1040. The first kappa shape index (κ1) is 20.7. The van der Waals surface area contributed by atoms with Gasteiger partial charge >= 0.3 is 5.97 Å². The second-order valence-electron chi connectivity index (χ2n) is 6.13. The van der Waals surface area contributed by atoms with Crippen molar-refractivity contribution in [2.45, 2.75) is 6.92 Å². The number of carboxylic acids is 1. The fourth-order valence-corrected chi connectivity index (χ4v) is 2.74. The number of carbonyl (C=O) groups excluding carboxylic acids is 1. The number of ether oxygens (including phenoxy) is 2. The van der Waals surface area contributed by atoms with Gasteiger partial charge in [0.25, 0.3) is 5.91 Å². The van der Waals surface area contributed by atoms with Crippen molar-refractivity contribution in [3.8, 4) is 17.2 Å². The maximum atomic E-state index is 12.6. The fourth-order valence-electron chi connectivity index (χ4n) is 2.74. The number of aliphatic carboxylic acids is 1. The second-order valence-corrected chi connectivity index (χ2v) is 6.13. The molecule has 3 aromatic rings. The summed E-state index contributed by atoms with van der Waals surface area (Å²) in [6, 6.07) is 15.9. The minimum Gasteiger partial charge on any atom is -0.490 e. The number of carboxylic acid groups (broad SMARTS) is 1. The third-order valence-corrected chi connectivity index (χ3v) is 4.03. The predicted octanol–water partition coefficient (Wildman–Crippen LogP) is 3.10. The van der Waals surface area contributed by atoms with E-state index in [2.05, 4.69) is 10.5 Å². The topological polar surface area (TPSA) is 102 Å². The van der Waals surface area contributed by atoms with E-state index in [1.165, 1.54) is 6.21 Å². The average Bonchev–Trinajstić information content (AvgIpc) is 3.28. The minimum atomic E-state index is -1.08. The number of carbonyl (C=O) groups is 2. The van der Waals surface area contributed by atoms with Crippen LogP contribution < -0.4 is 14.9 Å². The predicted molar refractivity (Wildman–Crippen MR) is 112 cm³/mol. The van der Waals surface area contributed by atoms with Gasteiger partial charge in [0.1, 0.15) is 0 Å². The van der Waals surface area contributed by atoms with E-state index in [1.807, 2.05) is 48.1 Å². The van der Waals surface area contributed by atoms with E-state index in [0.29, 0.717) is 29.2 Å². The summed E-state index contributed by atoms with van der Waals surface area (Å²) >= 11 is 0. The van der Waals surface area contributed by atoms with Crippen molar-refractivity contribution in [1.29, 1.82) is 0 Å². The minimum absolute atomic E-state index is 0.320. The molecule has 1 amide bonds. The van der Waals surface area contributed by atoms with Gasteiger partial charge in [-0.25, -0.2) is 10.2 Å². The normalized spacial score (nSPS) is 10.7. The lowest BCUT2D eigenvalue weighted by molar-refractivity contribution is -0.139. The van der Waals surface area contributed by atoms with Crippen LogP contribution in [0, 0.1) is 0 Å². The molecule has 0 saturated heterocycles. The highest BCUT2D eigenvalue weighted by atomic mass is 16.5. The van der Waals surface area contributed by atoms with Crippen LogP contribution in [0.15, 0.2) is 72.1 Å². The summed E-state index contributed by atoms with van der Waals surface area (Å²) in [6.45, 7) is 1.73. The molecule has 0 fully saturated rings. The maximum absolute atomic E-state index is 12.6. The third-order valence-electron chi connectivity index (χ3n) is 4.03. The highest BCUT2D eigenvalue weighted by Gasteiger charge is 2.11. The number of hydrogen-bond donors (Lipinski definition) is 2. The van der Waals surface area contributed by atoms with Gasteiger partial charge in [-0.3, -0.25) is 4.79 Å². The van der Waals surface area contributed by atoms with Crippen LogP contribution in [0.25, 0.3) is 5.69 Å². The van der Waals surface area contributed by atoms with E-state index < -0.39 is 12.6 Å². The van der Waals surface area contributed by atoms with Crippen molar-refractivity contribution < 1.29 is 24.2 Å². The molecule has 1 heterocycles. The second kappa shape index (κ2) is 9.92. The summed E-state index contributed by atoms with van der Waals surface area (Å²) < 4.78 is 12.6. The number of para-hydroxylation sites is 1. The van der Waals surface area contributed by atoms with Crippen molar-refractivity contribution in [2.75, 3.05) is 13.2 Å². The Morgan fingerprint density at radius 2 is 1.83 bits per heavy atom. The smallest absolute Gasteiger partial charge is 0.341 e. The Balaban J connectivity index is 1.72. The molecule has 0 spiro atoms. The molecule has 0 saturated carbocycles. The van der Waals surface area contributed by atoms with E-state index in [-0.39, 0.29) is 5.91 Å². The zero-order valence-electron chi connectivity index (χ0n) is 16.3. The highest BCUT2D eigenvalue weighted by molar-refractivity contribution is 5.98. The van der Waals surface area contributed by atoms with Gasteiger partial charge in [0.05, 0.1) is 24.1 Å². The summed E-state index contributed by atoms with van der Waals surface area (Å²) in [6.07, 6.45) is 5.19. The number of hydrogen-bond acceptors (Lipinski definition) is 5. The first-order valence-electron chi connectivity index (χ1n) is 9.25.